The molecule has 0 aliphatic rings. The minimum Gasteiger partial charge on any atom is -0.496 e. The topological polar surface area (TPSA) is 72.6 Å². The second-order valence-corrected chi connectivity index (χ2v) is 4.41. The predicted molar refractivity (Wildman–Crippen MR) is 69.3 cm³/mol. The van der Waals surface area contributed by atoms with Crippen LogP contribution in [-0.2, 0) is 11.2 Å². The van der Waals surface area contributed by atoms with E-state index in [1.54, 1.807) is 13.2 Å². The van der Waals surface area contributed by atoms with E-state index in [0.717, 1.165) is 16.7 Å². The minimum atomic E-state index is -0.938. The quantitative estimate of drug-likeness (QED) is 0.915. The van der Waals surface area contributed by atoms with Crippen molar-refractivity contribution in [3.63, 3.8) is 0 Å². The third-order valence-corrected chi connectivity index (χ3v) is 2.80. The van der Waals surface area contributed by atoms with Crippen LogP contribution in [0.4, 0.5) is 0 Å². The Morgan fingerprint density at radius 1 is 1.37 bits per heavy atom. The van der Waals surface area contributed by atoms with Crippen LogP contribution < -0.4 is 4.74 Å². The summed E-state index contributed by atoms with van der Waals surface area (Å²) in [5.41, 5.74) is 3.28. The summed E-state index contributed by atoms with van der Waals surface area (Å²) in [5.74, 6) is 0.272. The smallest absolute Gasteiger partial charge is 0.309 e. The van der Waals surface area contributed by atoms with Crippen molar-refractivity contribution in [3.05, 3.63) is 35.0 Å². The van der Waals surface area contributed by atoms with Crippen LogP contribution in [0.15, 0.2) is 22.7 Å². The van der Waals surface area contributed by atoms with E-state index in [4.69, 9.17) is 14.4 Å². The molecule has 1 aromatic carbocycles. The lowest BCUT2D eigenvalue weighted by molar-refractivity contribution is -0.136. The summed E-state index contributed by atoms with van der Waals surface area (Å²) < 4.78 is 10.6. The van der Waals surface area contributed by atoms with Gasteiger partial charge < -0.3 is 14.4 Å². The first-order valence-corrected chi connectivity index (χ1v) is 5.84. The van der Waals surface area contributed by atoms with Gasteiger partial charge in [-0.2, -0.15) is 0 Å². The highest BCUT2D eigenvalue weighted by molar-refractivity contribution is 5.73. The molecule has 2 rings (SSSR count). The normalized spacial score (nSPS) is 10.5. The zero-order valence-electron chi connectivity index (χ0n) is 11.1. The summed E-state index contributed by atoms with van der Waals surface area (Å²) >= 11 is 0. The van der Waals surface area contributed by atoms with E-state index in [2.05, 4.69) is 5.16 Å². The number of carbonyl (C=O) groups is 1. The van der Waals surface area contributed by atoms with E-state index in [-0.39, 0.29) is 6.42 Å². The number of aromatic nitrogens is 1. The first kappa shape index (κ1) is 13.1. The maximum absolute atomic E-state index is 10.6. The van der Waals surface area contributed by atoms with Gasteiger partial charge in [-0.3, -0.25) is 4.79 Å². The largest absolute Gasteiger partial charge is 0.496 e. The van der Waals surface area contributed by atoms with Gasteiger partial charge in [-0.05, 0) is 31.0 Å². The number of methoxy groups -OCH3 is 1. The molecular weight excluding hydrogens is 246 g/mol. The highest BCUT2D eigenvalue weighted by Crippen LogP contribution is 2.34. The van der Waals surface area contributed by atoms with Gasteiger partial charge in [0.05, 0.1) is 24.8 Å². The highest BCUT2D eigenvalue weighted by atomic mass is 16.5. The van der Waals surface area contributed by atoms with E-state index >= 15 is 0 Å². The summed E-state index contributed by atoms with van der Waals surface area (Å²) in [7, 11) is 1.59. The molecule has 0 spiro atoms. The Hall–Kier alpha value is -2.30. The van der Waals surface area contributed by atoms with Gasteiger partial charge >= 0.3 is 5.97 Å². The predicted octanol–water partition coefficient (Wildman–Crippen LogP) is 2.59. The van der Waals surface area contributed by atoms with Crippen molar-refractivity contribution < 1.29 is 19.2 Å². The van der Waals surface area contributed by atoms with Crippen molar-refractivity contribution in [3.8, 4) is 17.1 Å². The number of carboxylic acid groups (broad SMARTS) is 1. The van der Waals surface area contributed by atoms with Crippen LogP contribution in [0.3, 0.4) is 0 Å². The van der Waals surface area contributed by atoms with Crippen LogP contribution in [-0.4, -0.2) is 23.3 Å². The van der Waals surface area contributed by atoms with Gasteiger partial charge in [0.1, 0.15) is 5.75 Å². The minimum absolute atomic E-state index is 0.156. The average Bonchev–Trinajstić information content (AvgIpc) is 2.74. The van der Waals surface area contributed by atoms with Crippen LogP contribution >= 0.6 is 0 Å². The van der Waals surface area contributed by atoms with Crippen LogP contribution in [0.1, 0.15) is 16.8 Å². The van der Waals surface area contributed by atoms with Gasteiger partial charge in [-0.1, -0.05) is 11.2 Å². The van der Waals surface area contributed by atoms with E-state index in [1.807, 2.05) is 26.0 Å². The molecule has 19 heavy (non-hydrogen) atoms. The molecule has 1 N–H and O–H groups in total. The van der Waals surface area contributed by atoms with Gasteiger partial charge in [0.25, 0.3) is 0 Å². The Balaban J connectivity index is 2.46. The number of carboxylic acids is 1. The molecular formula is C14H15NO4. The van der Waals surface area contributed by atoms with Crippen molar-refractivity contribution in [2.45, 2.75) is 20.3 Å². The molecule has 0 radical (unpaired) electrons. The molecule has 5 heteroatoms. The van der Waals surface area contributed by atoms with Crippen molar-refractivity contribution in [1.29, 1.82) is 0 Å². The van der Waals surface area contributed by atoms with E-state index in [0.29, 0.717) is 17.2 Å². The molecule has 0 fully saturated rings. The first-order chi connectivity index (χ1) is 9.01. The van der Waals surface area contributed by atoms with Gasteiger partial charge in [0, 0.05) is 6.07 Å². The van der Waals surface area contributed by atoms with E-state index < -0.39 is 5.97 Å². The maximum atomic E-state index is 10.6. The van der Waals surface area contributed by atoms with Crippen LogP contribution in [0.2, 0.25) is 0 Å². The van der Waals surface area contributed by atoms with Gasteiger partial charge in [-0.25, -0.2) is 0 Å². The van der Waals surface area contributed by atoms with Gasteiger partial charge in [-0.15, -0.1) is 0 Å². The Morgan fingerprint density at radius 2 is 2.11 bits per heavy atom. The van der Waals surface area contributed by atoms with Gasteiger partial charge in [0.2, 0.25) is 0 Å². The lowest BCUT2D eigenvalue weighted by Gasteiger charge is -2.10. The van der Waals surface area contributed by atoms with Crippen molar-refractivity contribution in [1.82, 2.24) is 5.16 Å². The Kier molecular flexibility index (Phi) is 3.55. The zero-order valence-corrected chi connectivity index (χ0v) is 11.1. The SMILES string of the molecule is COc1cc(C)cc(C)c1-c1cc(CC(=O)O)no1. The Bertz CT molecular complexity index is 616. The maximum Gasteiger partial charge on any atom is 0.309 e. The van der Waals surface area contributed by atoms with Crippen LogP contribution in [0.25, 0.3) is 11.3 Å². The number of ether oxygens (including phenoxy) is 1. The molecule has 0 aliphatic carbocycles. The third-order valence-electron chi connectivity index (χ3n) is 2.80. The fourth-order valence-corrected chi connectivity index (χ4v) is 2.07. The number of benzene rings is 1. The second-order valence-electron chi connectivity index (χ2n) is 4.41. The summed E-state index contributed by atoms with van der Waals surface area (Å²) in [6.07, 6.45) is -0.156. The Labute approximate surface area is 110 Å². The molecule has 100 valence electrons. The molecule has 0 unspecified atom stereocenters. The number of nitrogens with zero attached hydrogens (tertiary/aromatic N) is 1. The van der Waals surface area contributed by atoms with Crippen LogP contribution in [0.5, 0.6) is 5.75 Å². The molecule has 0 amide bonds. The van der Waals surface area contributed by atoms with Crippen molar-refractivity contribution in [2.24, 2.45) is 0 Å². The molecule has 1 aromatic heterocycles. The summed E-state index contributed by atoms with van der Waals surface area (Å²) in [4.78, 5) is 10.6. The van der Waals surface area contributed by atoms with Crippen molar-refractivity contribution in [2.75, 3.05) is 7.11 Å². The first-order valence-electron chi connectivity index (χ1n) is 5.84. The molecule has 0 bridgehead atoms. The number of hydrogen-bond acceptors (Lipinski definition) is 4. The monoisotopic (exact) mass is 261 g/mol. The number of aliphatic carboxylic acids is 1. The summed E-state index contributed by atoms with van der Waals surface area (Å²) in [6.45, 7) is 3.93. The average molecular weight is 261 g/mol. The molecule has 5 nitrogen and oxygen atoms in total. The van der Waals surface area contributed by atoms with Gasteiger partial charge in [0.15, 0.2) is 5.76 Å². The third kappa shape index (κ3) is 2.76. The standard InChI is InChI=1S/C14H15NO4/c1-8-4-9(2)14(11(5-8)18-3)12-6-10(15-19-12)7-13(16)17/h4-6H,7H2,1-3H3,(H,16,17). The Morgan fingerprint density at radius 3 is 2.74 bits per heavy atom. The lowest BCUT2D eigenvalue weighted by Crippen LogP contribution is -1.99. The fourth-order valence-electron chi connectivity index (χ4n) is 2.07. The summed E-state index contributed by atoms with van der Waals surface area (Å²) in [5, 5.41) is 12.5. The highest BCUT2D eigenvalue weighted by Gasteiger charge is 2.16. The molecule has 0 saturated heterocycles. The number of hydrogen-bond donors (Lipinski definition) is 1. The van der Waals surface area contributed by atoms with Crippen molar-refractivity contribution >= 4 is 5.97 Å². The lowest BCUT2D eigenvalue weighted by atomic mass is 10.0. The molecule has 0 atom stereocenters. The number of aryl methyl sites for hydroxylation is 2. The summed E-state index contributed by atoms with van der Waals surface area (Å²) in [6, 6.07) is 5.55. The second kappa shape index (κ2) is 5.14. The zero-order chi connectivity index (χ0) is 14.0. The van der Waals surface area contributed by atoms with E-state index in [1.165, 1.54) is 0 Å². The molecule has 1 heterocycles. The number of rotatable bonds is 4. The van der Waals surface area contributed by atoms with Crippen LogP contribution in [0, 0.1) is 13.8 Å². The molecule has 0 saturated carbocycles. The molecule has 0 aliphatic heterocycles. The van der Waals surface area contributed by atoms with E-state index in [9.17, 15) is 4.79 Å². The molecule has 2 aromatic rings. The fraction of sp³-hybridized carbons (Fsp3) is 0.286.